The van der Waals surface area contributed by atoms with Crippen LogP contribution in [-0.4, -0.2) is 40.9 Å². The molecule has 0 amide bonds. The Morgan fingerprint density at radius 3 is 2.75 bits per heavy atom. The van der Waals surface area contributed by atoms with Crippen molar-refractivity contribution in [2.45, 2.75) is 83.4 Å². The molecule has 0 saturated carbocycles. The normalized spacial score (nSPS) is 43.6. The summed E-state index contributed by atoms with van der Waals surface area (Å²) in [5.41, 5.74) is 0. The van der Waals surface area contributed by atoms with Gasteiger partial charge in [-0.3, -0.25) is 0 Å². The minimum Gasteiger partial charge on any atom is -0.396 e. The Labute approximate surface area is 122 Å². The molecule has 20 heavy (non-hydrogen) atoms. The van der Waals surface area contributed by atoms with Crippen LogP contribution in [0.4, 0.5) is 0 Å². The molecule has 2 aliphatic heterocycles. The molecule has 0 aromatic heterocycles. The molecule has 2 aliphatic rings. The van der Waals surface area contributed by atoms with E-state index in [9.17, 15) is 5.11 Å². The van der Waals surface area contributed by atoms with Crippen molar-refractivity contribution in [2.75, 3.05) is 6.61 Å². The number of ether oxygens (including phenoxy) is 2. The van der Waals surface area contributed by atoms with E-state index >= 15 is 0 Å². The van der Waals surface area contributed by atoms with Gasteiger partial charge in [-0.1, -0.05) is 27.2 Å². The van der Waals surface area contributed by atoms with Crippen LogP contribution >= 0.6 is 0 Å². The summed E-state index contributed by atoms with van der Waals surface area (Å²) in [6.07, 6.45) is 4.49. The lowest BCUT2D eigenvalue weighted by Gasteiger charge is -2.50. The molecule has 2 heterocycles. The Bertz CT molecular complexity index is 305. The van der Waals surface area contributed by atoms with Gasteiger partial charge in [-0.05, 0) is 31.1 Å². The summed E-state index contributed by atoms with van der Waals surface area (Å²) < 4.78 is 12.5. The summed E-state index contributed by atoms with van der Waals surface area (Å²) in [5.74, 6) is 0.411. The van der Waals surface area contributed by atoms with Gasteiger partial charge in [-0.25, -0.2) is 0 Å². The van der Waals surface area contributed by atoms with Gasteiger partial charge in [0.1, 0.15) is 0 Å². The average molecular weight is 286 g/mol. The molecule has 0 bridgehead atoms. The second-order valence-corrected chi connectivity index (χ2v) is 6.74. The molecule has 4 heteroatoms. The first-order valence-corrected chi connectivity index (χ1v) is 8.14. The predicted octanol–water partition coefficient (Wildman–Crippen LogP) is 2.47. The van der Waals surface area contributed by atoms with Gasteiger partial charge < -0.3 is 19.7 Å². The number of aliphatic hydroxyl groups is 2. The van der Waals surface area contributed by atoms with E-state index in [4.69, 9.17) is 14.6 Å². The van der Waals surface area contributed by atoms with Gasteiger partial charge in [0.05, 0.1) is 18.3 Å². The monoisotopic (exact) mass is 286 g/mol. The molecule has 0 aliphatic carbocycles. The summed E-state index contributed by atoms with van der Waals surface area (Å²) in [4.78, 5) is 0. The van der Waals surface area contributed by atoms with Crippen LogP contribution in [0.3, 0.4) is 0 Å². The van der Waals surface area contributed by atoms with Gasteiger partial charge >= 0.3 is 0 Å². The van der Waals surface area contributed by atoms with E-state index in [0.29, 0.717) is 31.1 Å². The molecule has 2 N–H and O–H groups in total. The van der Waals surface area contributed by atoms with Crippen LogP contribution in [0.2, 0.25) is 0 Å². The molecule has 4 nitrogen and oxygen atoms in total. The first-order chi connectivity index (χ1) is 9.49. The van der Waals surface area contributed by atoms with E-state index in [1.807, 2.05) is 0 Å². The van der Waals surface area contributed by atoms with Crippen LogP contribution in [0.25, 0.3) is 0 Å². The molecule has 2 saturated heterocycles. The van der Waals surface area contributed by atoms with Crippen molar-refractivity contribution in [3.63, 3.8) is 0 Å². The molecular weight excluding hydrogens is 256 g/mol. The van der Waals surface area contributed by atoms with Crippen LogP contribution in [0.5, 0.6) is 0 Å². The molecule has 1 spiro atoms. The fourth-order valence-corrected chi connectivity index (χ4v) is 3.65. The van der Waals surface area contributed by atoms with Gasteiger partial charge in [0.25, 0.3) is 0 Å². The van der Waals surface area contributed by atoms with Crippen LogP contribution < -0.4 is 0 Å². The van der Waals surface area contributed by atoms with E-state index < -0.39 is 5.79 Å². The van der Waals surface area contributed by atoms with E-state index in [1.165, 1.54) is 0 Å². The Morgan fingerprint density at radius 1 is 1.35 bits per heavy atom. The van der Waals surface area contributed by atoms with Crippen molar-refractivity contribution in [2.24, 2.45) is 11.8 Å². The Hall–Kier alpha value is -0.160. The fraction of sp³-hybridized carbons (Fsp3) is 1.00. The second kappa shape index (κ2) is 6.73. The van der Waals surface area contributed by atoms with Crippen LogP contribution in [0.1, 0.15) is 59.3 Å². The van der Waals surface area contributed by atoms with Crippen molar-refractivity contribution in [1.29, 1.82) is 0 Å². The van der Waals surface area contributed by atoms with E-state index in [2.05, 4.69) is 20.8 Å². The summed E-state index contributed by atoms with van der Waals surface area (Å²) in [6.45, 7) is 6.75. The molecule has 0 aromatic rings. The van der Waals surface area contributed by atoms with Crippen molar-refractivity contribution in [3.05, 3.63) is 0 Å². The van der Waals surface area contributed by atoms with Crippen LogP contribution in [-0.2, 0) is 9.47 Å². The van der Waals surface area contributed by atoms with Gasteiger partial charge in [-0.2, -0.15) is 0 Å². The molecular formula is C16H30O4. The molecule has 0 aromatic carbocycles. The predicted molar refractivity (Wildman–Crippen MR) is 77.3 cm³/mol. The molecule has 6 atom stereocenters. The molecule has 2 fully saturated rings. The third-order valence-electron chi connectivity index (χ3n) is 5.01. The third-order valence-corrected chi connectivity index (χ3v) is 5.01. The summed E-state index contributed by atoms with van der Waals surface area (Å²) >= 11 is 0. The standard InChI is InChI=1S/C16H30O4/c1-4-11(2)15-12(3)5-7-16(20-15)10-13(18)9-14(19-16)6-8-17/h11-15,17-18H,4-10H2,1-3H3/t11-,12-,13-,14+,15+,16+/m0/s1. The van der Waals surface area contributed by atoms with Crippen molar-refractivity contribution in [3.8, 4) is 0 Å². The van der Waals surface area contributed by atoms with E-state index in [1.54, 1.807) is 0 Å². The lowest BCUT2D eigenvalue weighted by molar-refractivity contribution is -0.341. The SMILES string of the molecule is CC[C@H](C)[C@H]1O[C@]2(CC[C@@H]1C)C[C@@H](O)C[C@@H](CCO)O2. The smallest absolute Gasteiger partial charge is 0.171 e. The highest BCUT2D eigenvalue weighted by Crippen LogP contribution is 2.43. The Kier molecular flexibility index (Phi) is 5.46. The number of hydrogen-bond donors (Lipinski definition) is 2. The second-order valence-electron chi connectivity index (χ2n) is 6.74. The van der Waals surface area contributed by atoms with E-state index in [-0.39, 0.29) is 24.9 Å². The highest BCUT2D eigenvalue weighted by molar-refractivity contribution is 4.90. The average Bonchev–Trinajstić information content (AvgIpc) is 2.40. The molecule has 0 radical (unpaired) electrons. The first-order valence-electron chi connectivity index (χ1n) is 8.14. The highest BCUT2D eigenvalue weighted by atomic mass is 16.7. The van der Waals surface area contributed by atoms with Gasteiger partial charge in [0.15, 0.2) is 5.79 Å². The Balaban J connectivity index is 2.08. The summed E-state index contributed by atoms with van der Waals surface area (Å²) in [7, 11) is 0. The van der Waals surface area contributed by atoms with Crippen molar-refractivity contribution < 1.29 is 19.7 Å². The molecule has 0 unspecified atom stereocenters. The summed E-state index contributed by atoms with van der Waals surface area (Å²) in [5, 5.41) is 19.2. The zero-order valence-corrected chi connectivity index (χ0v) is 13.0. The van der Waals surface area contributed by atoms with E-state index in [0.717, 1.165) is 19.3 Å². The van der Waals surface area contributed by atoms with Crippen LogP contribution in [0.15, 0.2) is 0 Å². The first kappa shape index (κ1) is 16.2. The minimum atomic E-state index is -0.627. The quantitative estimate of drug-likeness (QED) is 0.833. The number of aliphatic hydroxyl groups excluding tert-OH is 2. The third kappa shape index (κ3) is 3.53. The maximum absolute atomic E-state index is 10.1. The Morgan fingerprint density at radius 2 is 2.10 bits per heavy atom. The maximum atomic E-state index is 10.1. The zero-order chi connectivity index (χ0) is 14.8. The topological polar surface area (TPSA) is 58.9 Å². The van der Waals surface area contributed by atoms with Gasteiger partial charge in [-0.15, -0.1) is 0 Å². The fourth-order valence-electron chi connectivity index (χ4n) is 3.65. The van der Waals surface area contributed by atoms with Crippen LogP contribution in [0, 0.1) is 11.8 Å². The molecule has 118 valence electrons. The van der Waals surface area contributed by atoms with Gasteiger partial charge in [0.2, 0.25) is 0 Å². The maximum Gasteiger partial charge on any atom is 0.171 e. The highest BCUT2D eigenvalue weighted by Gasteiger charge is 2.47. The minimum absolute atomic E-state index is 0.0882. The number of hydrogen-bond acceptors (Lipinski definition) is 4. The zero-order valence-electron chi connectivity index (χ0n) is 13.0. The largest absolute Gasteiger partial charge is 0.396 e. The van der Waals surface area contributed by atoms with Crippen molar-refractivity contribution >= 4 is 0 Å². The summed E-state index contributed by atoms with van der Waals surface area (Å²) in [6, 6.07) is 0. The lowest BCUT2D eigenvalue weighted by Crippen LogP contribution is -2.54. The molecule has 2 rings (SSSR count). The van der Waals surface area contributed by atoms with Crippen molar-refractivity contribution in [1.82, 2.24) is 0 Å². The van der Waals surface area contributed by atoms with Gasteiger partial charge in [0, 0.05) is 19.4 Å². The number of rotatable bonds is 4. The lowest BCUT2D eigenvalue weighted by atomic mass is 9.81.